The summed E-state index contributed by atoms with van der Waals surface area (Å²) in [4.78, 5) is 11.5. The lowest BCUT2D eigenvalue weighted by Gasteiger charge is -2.58. The van der Waals surface area contributed by atoms with Crippen molar-refractivity contribution in [1.29, 1.82) is 0 Å². The summed E-state index contributed by atoms with van der Waals surface area (Å²) in [7, 11) is 0. The maximum absolute atomic E-state index is 11.5. The summed E-state index contributed by atoms with van der Waals surface area (Å²) in [5.74, 6) is 5.35. The molecule has 0 bridgehead atoms. The van der Waals surface area contributed by atoms with E-state index in [1.54, 1.807) is 12.5 Å². The summed E-state index contributed by atoms with van der Waals surface area (Å²) in [5, 5.41) is 0. The van der Waals surface area contributed by atoms with Crippen LogP contribution in [-0.2, 0) is 9.53 Å². The van der Waals surface area contributed by atoms with Crippen molar-refractivity contribution in [2.45, 2.75) is 106 Å². The lowest BCUT2D eigenvalue weighted by molar-refractivity contribution is -0.148. The van der Waals surface area contributed by atoms with Crippen molar-refractivity contribution in [2.75, 3.05) is 0 Å². The van der Waals surface area contributed by atoms with E-state index in [2.05, 4.69) is 59.8 Å². The van der Waals surface area contributed by atoms with Gasteiger partial charge < -0.3 is 4.74 Å². The van der Waals surface area contributed by atoms with E-state index in [0.29, 0.717) is 22.7 Å². The van der Waals surface area contributed by atoms with Gasteiger partial charge in [-0.2, -0.15) is 0 Å². The molecule has 1 unspecified atom stereocenters. The molecule has 0 amide bonds. The fraction of sp³-hybridized carbons (Fsp3) is 0.833. The molecule has 4 rings (SSSR count). The van der Waals surface area contributed by atoms with E-state index in [0.717, 1.165) is 42.4 Å². The van der Waals surface area contributed by atoms with Crippen molar-refractivity contribution in [1.82, 2.24) is 0 Å². The Balaban J connectivity index is 1.50. The minimum atomic E-state index is -0.121. The van der Waals surface area contributed by atoms with E-state index in [4.69, 9.17) is 4.74 Å². The van der Waals surface area contributed by atoms with Gasteiger partial charge in [-0.05, 0) is 97.2 Å². The number of ether oxygens (including phenoxy) is 1. The Morgan fingerprint density at radius 3 is 2.47 bits per heavy atom. The molecule has 0 spiro atoms. The van der Waals surface area contributed by atoms with E-state index in [1.165, 1.54) is 38.5 Å². The maximum Gasteiger partial charge on any atom is 0.302 e. The highest BCUT2D eigenvalue weighted by atomic mass is 16.5. The molecule has 0 aromatic rings. The SMILES string of the molecule is CC(=O)OC1CC[C@@]2(C)C(=CC[C@H]3[C@@H]4CC[C@H]([C@H](C)C=C[C@H](C)C(C)C)[C@@]4(C)CC[C@@H]32)C1. The third-order valence-electron chi connectivity index (χ3n) is 10.9. The number of hydrogen-bond donors (Lipinski definition) is 0. The zero-order chi connectivity index (χ0) is 23.3. The highest BCUT2D eigenvalue weighted by Crippen LogP contribution is 2.67. The molecule has 0 aromatic carbocycles. The predicted octanol–water partition coefficient (Wildman–Crippen LogP) is 7.98. The fourth-order valence-electron chi connectivity index (χ4n) is 8.57. The van der Waals surface area contributed by atoms with Crippen LogP contribution >= 0.6 is 0 Å². The topological polar surface area (TPSA) is 26.3 Å². The summed E-state index contributed by atoms with van der Waals surface area (Å²) in [5.41, 5.74) is 2.44. The number of carbonyl (C=O) groups is 1. The monoisotopic (exact) mass is 440 g/mol. The van der Waals surface area contributed by atoms with E-state index >= 15 is 0 Å². The number of carbonyl (C=O) groups excluding carboxylic acids is 1. The van der Waals surface area contributed by atoms with Crippen LogP contribution < -0.4 is 0 Å². The predicted molar refractivity (Wildman–Crippen MR) is 133 cm³/mol. The molecule has 4 aliphatic carbocycles. The van der Waals surface area contributed by atoms with Gasteiger partial charge >= 0.3 is 5.97 Å². The molecule has 0 aromatic heterocycles. The summed E-state index contributed by atoms with van der Waals surface area (Å²) in [6.07, 6.45) is 17.8. The summed E-state index contributed by atoms with van der Waals surface area (Å²) < 4.78 is 5.62. The largest absolute Gasteiger partial charge is 0.462 e. The number of rotatable bonds is 5. The molecule has 4 aliphatic rings. The molecule has 0 heterocycles. The Kier molecular flexibility index (Phi) is 6.74. The molecule has 0 radical (unpaired) electrons. The highest BCUT2D eigenvalue weighted by Gasteiger charge is 2.59. The Hall–Kier alpha value is -1.05. The van der Waals surface area contributed by atoms with Crippen LogP contribution in [0.5, 0.6) is 0 Å². The Morgan fingerprint density at radius 1 is 1.03 bits per heavy atom. The van der Waals surface area contributed by atoms with Crippen LogP contribution in [0, 0.1) is 52.3 Å². The lowest BCUT2D eigenvalue weighted by Crippen LogP contribution is -2.51. The lowest BCUT2D eigenvalue weighted by atomic mass is 9.47. The van der Waals surface area contributed by atoms with Crippen molar-refractivity contribution in [3.05, 3.63) is 23.8 Å². The Morgan fingerprint density at radius 2 is 1.78 bits per heavy atom. The first-order valence-corrected chi connectivity index (χ1v) is 13.6. The second-order valence-corrected chi connectivity index (χ2v) is 12.8. The van der Waals surface area contributed by atoms with Crippen molar-refractivity contribution in [3.8, 4) is 0 Å². The molecular formula is C30H48O2. The van der Waals surface area contributed by atoms with Gasteiger partial charge in [0.2, 0.25) is 0 Å². The second-order valence-electron chi connectivity index (χ2n) is 12.8. The van der Waals surface area contributed by atoms with Gasteiger partial charge in [-0.25, -0.2) is 0 Å². The molecule has 32 heavy (non-hydrogen) atoms. The Labute approximate surface area is 197 Å². The minimum Gasteiger partial charge on any atom is -0.462 e. The summed E-state index contributed by atoms with van der Waals surface area (Å²) in [6, 6.07) is 0. The van der Waals surface area contributed by atoms with Gasteiger partial charge in [-0.1, -0.05) is 65.3 Å². The molecule has 3 saturated carbocycles. The molecule has 9 atom stereocenters. The molecule has 0 saturated heterocycles. The number of hydrogen-bond acceptors (Lipinski definition) is 2. The zero-order valence-electron chi connectivity index (χ0n) is 21.8. The van der Waals surface area contributed by atoms with Gasteiger partial charge in [0.1, 0.15) is 6.10 Å². The van der Waals surface area contributed by atoms with Crippen molar-refractivity contribution < 1.29 is 9.53 Å². The van der Waals surface area contributed by atoms with Crippen LogP contribution in [0.2, 0.25) is 0 Å². The van der Waals surface area contributed by atoms with Crippen molar-refractivity contribution >= 4 is 5.97 Å². The van der Waals surface area contributed by atoms with E-state index < -0.39 is 0 Å². The molecule has 2 nitrogen and oxygen atoms in total. The average Bonchev–Trinajstić information content (AvgIpc) is 3.08. The summed E-state index contributed by atoms with van der Waals surface area (Å²) >= 11 is 0. The van der Waals surface area contributed by atoms with Gasteiger partial charge in [0.05, 0.1) is 0 Å². The van der Waals surface area contributed by atoms with Gasteiger partial charge in [0.15, 0.2) is 0 Å². The number of fused-ring (bicyclic) bond motifs is 5. The van der Waals surface area contributed by atoms with Gasteiger partial charge in [0, 0.05) is 13.3 Å². The first-order valence-electron chi connectivity index (χ1n) is 13.6. The van der Waals surface area contributed by atoms with Crippen molar-refractivity contribution in [2.24, 2.45) is 52.3 Å². The Bertz CT molecular complexity index is 763. The normalized spacial score (nSPS) is 43.2. The van der Waals surface area contributed by atoms with Crippen molar-refractivity contribution in [3.63, 3.8) is 0 Å². The minimum absolute atomic E-state index is 0.106. The van der Waals surface area contributed by atoms with Crippen LogP contribution in [-0.4, -0.2) is 12.1 Å². The third-order valence-corrected chi connectivity index (χ3v) is 10.9. The van der Waals surface area contributed by atoms with E-state index in [-0.39, 0.29) is 12.1 Å². The molecule has 180 valence electrons. The third kappa shape index (κ3) is 4.14. The molecule has 2 heteroatoms. The molecule has 3 fully saturated rings. The molecule has 0 aliphatic heterocycles. The fourth-order valence-corrected chi connectivity index (χ4v) is 8.57. The van der Waals surface area contributed by atoms with Gasteiger partial charge in [0.25, 0.3) is 0 Å². The van der Waals surface area contributed by atoms with Crippen LogP contribution in [0.3, 0.4) is 0 Å². The van der Waals surface area contributed by atoms with Crippen LogP contribution in [0.4, 0.5) is 0 Å². The average molecular weight is 441 g/mol. The smallest absolute Gasteiger partial charge is 0.302 e. The van der Waals surface area contributed by atoms with Crippen LogP contribution in [0.1, 0.15) is 99.8 Å². The first-order chi connectivity index (χ1) is 15.1. The standard InChI is InChI=1S/C30H48O2/c1-19(2)20(3)8-9-21(4)26-12-13-27-25-11-10-23-18-24(32-22(5)31)14-16-29(23,6)28(25)15-17-30(26,27)7/h8-10,19-21,24-28H,11-18H2,1-7H3/t20-,21+,24?,25-,26+,27-,28-,29-,30+/m0/s1. The van der Waals surface area contributed by atoms with Gasteiger partial charge in [-0.15, -0.1) is 0 Å². The van der Waals surface area contributed by atoms with Crippen LogP contribution in [0.25, 0.3) is 0 Å². The van der Waals surface area contributed by atoms with Gasteiger partial charge in [-0.3, -0.25) is 4.79 Å². The summed E-state index contributed by atoms with van der Waals surface area (Å²) in [6.45, 7) is 16.3. The number of allylic oxidation sites excluding steroid dienone is 3. The quantitative estimate of drug-likeness (QED) is 0.320. The second kappa shape index (κ2) is 8.95. The molecule has 0 N–H and O–H groups in total. The number of esters is 1. The highest BCUT2D eigenvalue weighted by molar-refractivity contribution is 5.66. The van der Waals surface area contributed by atoms with E-state index in [9.17, 15) is 4.79 Å². The zero-order valence-corrected chi connectivity index (χ0v) is 21.8. The maximum atomic E-state index is 11.5. The first kappa shape index (κ1) is 24.1. The van der Waals surface area contributed by atoms with E-state index in [1.807, 2.05) is 0 Å². The molecular weight excluding hydrogens is 392 g/mol. The van der Waals surface area contributed by atoms with Crippen LogP contribution in [0.15, 0.2) is 23.8 Å².